The molecule has 0 bridgehead atoms. The van der Waals surface area contributed by atoms with Gasteiger partial charge in [-0.15, -0.1) is 0 Å². The van der Waals surface area contributed by atoms with Gasteiger partial charge in [0, 0.05) is 12.6 Å². The number of nitrogens with zero attached hydrogens (tertiary/aromatic N) is 2. The number of furan rings is 1. The summed E-state index contributed by atoms with van der Waals surface area (Å²) in [7, 11) is 1.59. The number of carbonyl (C=O) groups excluding carboxylic acids is 2. The van der Waals surface area contributed by atoms with Crippen LogP contribution in [0.3, 0.4) is 0 Å². The van der Waals surface area contributed by atoms with Crippen molar-refractivity contribution >= 4 is 17.5 Å². The summed E-state index contributed by atoms with van der Waals surface area (Å²) >= 11 is 0. The predicted molar refractivity (Wildman–Crippen MR) is 87.4 cm³/mol. The van der Waals surface area contributed by atoms with Crippen molar-refractivity contribution in [1.29, 1.82) is 0 Å². The van der Waals surface area contributed by atoms with Gasteiger partial charge < -0.3 is 15.1 Å². The van der Waals surface area contributed by atoms with E-state index >= 15 is 0 Å². The van der Waals surface area contributed by atoms with Gasteiger partial charge in [0.25, 0.3) is 11.8 Å². The molecule has 3 aromatic rings. The Bertz CT molecular complexity index is 885. The second-order valence-corrected chi connectivity index (χ2v) is 5.25. The molecule has 2 aromatic heterocycles. The van der Waals surface area contributed by atoms with Crippen LogP contribution in [0.25, 0.3) is 0 Å². The van der Waals surface area contributed by atoms with E-state index in [2.05, 4.69) is 15.7 Å². The van der Waals surface area contributed by atoms with Crippen LogP contribution in [-0.4, -0.2) is 21.6 Å². The van der Waals surface area contributed by atoms with E-state index in [1.54, 1.807) is 19.2 Å². The smallest absolute Gasteiger partial charge is 0.272 e. The van der Waals surface area contributed by atoms with E-state index in [0.29, 0.717) is 5.76 Å². The molecule has 2 amide bonds. The van der Waals surface area contributed by atoms with E-state index < -0.39 is 17.6 Å². The molecule has 3 rings (SSSR count). The topological polar surface area (TPSA) is 89.2 Å². The zero-order chi connectivity index (χ0) is 17.8. The van der Waals surface area contributed by atoms with Crippen LogP contribution in [0, 0.1) is 5.82 Å². The fourth-order valence-electron chi connectivity index (χ4n) is 2.26. The summed E-state index contributed by atoms with van der Waals surface area (Å²) in [6.45, 7) is 0.211. The number of carbonyl (C=O) groups is 2. The van der Waals surface area contributed by atoms with E-state index in [4.69, 9.17) is 4.42 Å². The predicted octanol–water partition coefficient (Wildman–Crippen LogP) is 2.33. The number of aryl methyl sites for hydroxylation is 1. The number of amides is 2. The Balaban J connectivity index is 1.73. The number of hydrogen-bond donors (Lipinski definition) is 2. The maximum absolute atomic E-state index is 12.9. The Labute approximate surface area is 142 Å². The van der Waals surface area contributed by atoms with Crippen molar-refractivity contribution in [2.24, 2.45) is 7.05 Å². The second kappa shape index (κ2) is 7.00. The molecule has 1 aromatic carbocycles. The number of benzene rings is 1. The van der Waals surface area contributed by atoms with Crippen molar-refractivity contribution in [1.82, 2.24) is 15.1 Å². The first-order valence-electron chi connectivity index (χ1n) is 7.44. The summed E-state index contributed by atoms with van der Waals surface area (Å²) in [5.41, 5.74) is 0.725. The van der Waals surface area contributed by atoms with Crippen molar-refractivity contribution in [2.75, 3.05) is 5.32 Å². The molecule has 128 valence electrons. The average Bonchev–Trinajstić information content (AvgIpc) is 3.23. The summed E-state index contributed by atoms with van der Waals surface area (Å²) < 4.78 is 19.5. The van der Waals surface area contributed by atoms with Gasteiger partial charge in [0.15, 0.2) is 0 Å². The van der Waals surface area contributed by atoms with Crippen LogP contribution in [0.4, 0.5) is 10.1 Å². The fraction of sp³-hybridized carbons (Fsp3) is 0.118. The van der Waals surface area contributed by atoms with Crippen LogP contribution in [0.15, 0.2) is 53.3 Å². The highest BCUT2D eigenvalue weighted by atomic mass is 19.1. The molecule has 0 saturated heterocycles. The average molecular weight is 342 g/mol. The zero-order valence-electron chi connectivity index (χ0n) is 13.3. The SMILES string of the molecule is Cn1ncc(NC(=O)c2ccc(F)cc2)c1C(=O)NCc1ccco1. The van der Waals surface area contributed by atoms with E-state index in [0.717, 1.165) is 0 Å². The molecule has 0 unspecified atom stereocenters. The van der Waals surface area contributed by atoms with Crippen molar-refractivity contribution in [2.45, 2.75) is 6.54 Å². The standard InChI is InChI=1S/C17H15FN4O3/c1-22-15(17(24)19-9-13-3-2-8-25-13)14(10-20-22)21-16(23)11-4-6-12(18)7-5-11/h2-8,10H,9H2,1H3,(H,19,24)(H,21,23). The number of anilines is 1. The van der Waals surface area contributed by atoms with Crippen molar-refractivity contribution < 1.29 is 18.4 Å². The van der Waals surface area contributed by atoms with Crippen molar-refractivity contribution in [3.63, 3.8) is 0 Å². The number of rotatable bonds is 5. The molecule has 7 nitrogen and oxygen atoms in total. The van der Waals surface area contributed by atoms with E-state index in [-0.39, 0.29) is 23.5 Å². The van der Waals surface area contributed by atoms with Crippen molar-refractivity contribution in [3.05, 3.63) is 71.7 Å². The Morgan fingerprint density at radius 3 is 2.64 bits per heavy atom. The first-order chi connectivity index (χ1) is 12.0. The first kappa shape index (κ1) is 16.4. The summed E-state index contributed by atoms with van der Waals surface area (Å²) in [6, 6.07) is 8.56. The number of halogens is 1. The summed E-state index contributed by atoms with van der Waals surface area (Å²) in [5.74, 6) is -0.706. The van der Waals surface area contributed by atoms with Crippen LogP contribution >= 0.6 is 0 Å². The lowest BCUT2D eigenvalue weighted by atomic mass is 10.2. The number of hydrogen-bond acceptors (Lipinski definition) is 4. The zero-order valence-corrected chi connectivity index (χ0v) is 13.3. The van der Waals surface area contributed by atoms with Gasteiger partial charge in [-0.05, 0) is 36.4 Å². The van der Waals surface area contributed by atoms with Crippen molar-refractivity contribution in [3.8, 4) is 0 Å². The highest BCUT2D eigenvalue weighted by Crippen LogP contribution is 2.16. The molecular weight excluding hydrogens is 327 g/mol. The fourth-order valence-corrected chi connectivity index (χ4v) is 2.26. The lowest BCUT2D eigenvalue weighted by Gasteiger charge is -2.08. The lowest BCUT2D eigenvalue weighted by Crippen LogP contribution is -2.26. The molecule has 2 heterocycles. The molecule has 0 aliphatic heterocycles. The van der Waals surface area contributed by atoms with Crippen LogP contribution in [-0.2, 0) is 13.6 Å². The minimum absolute atomic E-state index is 0.196. The maximum Gasteiger partial charge on any atom is 0.272 e. The normalized spacial score (nSPS) is 10.5. The minimum atomic E-state index is -0.465. The molecule has 0 atom stereocenters. The van der Waals surface area contributed by atoms with Gasteiger partial charge in [0.2, 0.25) is 0 Å². The van der Waals surface area contributed by atoms with Crippen LogP contribution in [0.5, 0.6) is 0 Å². The van der Waals surface area contributed by atoms with Crippen LogP contribution in [0.2, 0.25) is 0 Å². The first-order valence-corrected chi connectivity index (χ1v) is 7.44. The number of nitrogens with one attached hydrogen (secondary N) is 2. The Kier molecular flexibility index (Phi) is 4.60. The third-order valence-electron chi connectivity index (χ3n) is 3.51. The molecule has 0 fully saturated rings. The highest BCUT2D eigenvalue weighted by molar-refractivity contribution is 6.08. The largest absolute Gasteiger partial charge is 0.467 e. The summed E-state index contributed by atoms with van der Waals surface area (Å²) in [5, 5.41) is 9.31. The highest BCUT2D eigenvalue weighted by Gasteiger charge is 2.19. The van der Waals surface area contributed by atoms with E-state index in [1.165, 1.54) is 41.4 Å². The molecular formula is C17H15FN4O3. The summed E-state index contributed by atoms with van der Waals surface area (Å²) in [4.78, 5) is 24.6. The van der Waals surface area contributed by atoms with E-state index in [1.807, 2.05) is 0 Å². The molecule has 0 aliphatic rings. The Hall–Kier alpha value is -3.42. The summed E-state index contributed by atoms with van der Waals surface area (Å²) in [6.07, 6.45) is 2.89. The van der Waals surface area contributed by atoms with Crippen LogP contribution < -0.4 is 10.6 Å². The number of aromatic nitrogens is 2. The van der Waals surface area contributed by atoms with Gasteiger partial charge in [-0.2, -0.15) is 5.10 Å². The molecule has 0 radical (unpaired) electrons. The molecule has 0 spiro atoms. The van der Waals surface area contributed by atoms with Gasteiger partial charge in [0.1, 0.15) is 17.3 Å². The lowest BCUT2D eigenvalue weighted by molar-refractivity contribution is 0.0939. The molecule has 25 heavy (non-hydrogen) atoms. The Morgan fingerprint density at radius 1 is 1.20 bits per heavy atom. The molecule has 2 N–H and O–H groups in total. The second-order valence-electron chi connectivity index (χ2n) is 5.25. The van der Waals surface area contributed by atoms with Gasteiger partial charge in [0.05, 0.1) is 24.7 Å². The quantitative estimate of drug-likeness (QED) is 0.745. The molecule has 0 saturated carbocycles. The van der Waals surface area contributed by atoms with Gasteiger partial charge >= 0.3 is 0 Å². The van der Waals surface area contributed by atoms with Gasteiger partial charge in [-0.3, -0.25) is 14.3 Å². The third-order valence-corrected chi connectivity index (χ3v) is 3.51. The van der Waals surface area contributed by atoms with Gasteiger partial charge in [-0.1, -0.05) is 0 Å². The van der Waals surface area contributed by atoms with E-state index in [9.17, 15) is 14.0 Å². The molecule has 8 heteroatoms. The maximum atomic E-state index is 12.9. The van der Waals surface area contributed by atoms with Gasteiger partial charge in [-0.25, -0.2) is 4.39 Å². The van der Waals surface area contributed by atoms with Crippen LogP contribution in [0.1, 0.15) is 26.6 Å². The Morgan fingerprint density at radius 2 is 1.96 bits per heavy atom. The monoisotopic (exact) mass is 342 g/mol. The molecule has 0 aliphatic carbocycles. The third kappa shape index (κ3) is 3.74. The minimum Gasteiger partial charge on any atom is -0.467 e.